The fourth-order valence-corrected chi connectivity index (χ4v) is 1.36. The first-order chi connectivity index (χ1) is 7.42. The van der Waals surface area contributed by atoms with E-state index in [4.69, 9.17) is 4.74 Å². The molecule has 0 N–H and O–H groups in total. The second-order valence-electron chi connectivity index (χ2n) is 3.35. The van der Waals surface area contributed by atoms with Crippen molar-refractivity contribution >= 4 is 5.65 Å². The second kappa shape index (κ2) is 4.72. The number of ether oxygens (including phenoxy) is 1. The van der Waals surface area contributed by atoms with Gasteiger partial charge in [-0.3, -0.25) is 4.40 Å². The number of unbranched alkanes of at least 4 members (excludes halogenated alkanes) is 2. The molecule has 0 aliphatic heterocycles. The van der Waals surface area contributed by atoms with E-state index in [2.05, 4.69) is 22.1 Å². The van der Waals surface area contributed by atoms with Crippen LogP contribution in [-0.4, -0.2) is 26.2 Å². The zero-order chi connectivity index (χ0) is 10.5. The highest BCUT2D eigenvalue weighted by molar-refractivity contribution is 5.47. The van der Waals surface area contributed by atoms with E-state index in [-0.39, 0.29) is 0 Å². The van der Waals surface area contributed by atoms with Gasteiger partial charge in [0.15, 0.2) is 0 Å². The van der Waals surface area contributed by atoms with Crippen LogP contribution in [0, 0.1) is 0 Å². The van der Waals surface area contributed by atoms with E-state index in [0.29, 0.717) is 18.1 Å². The Hall–Kier alpha value is -1.65. The highest BCUT2D eigenvalue weighted by atomic mass is 16.5. The summed E-state index contributed by atoms with van der Waals surface area (Å²) in [7, 11) is 0. The maximum atomic E-state index is 5.55. The average molecular weight is 206 g/mol. The molecule has 0 aliphatic rings. The van der Waals surface area contributed by atoms with Gasteiger partial charge in [-0.25, -0.2) is 4.98 Å². The van der Waals surface area contributed by atoms with Crippen LogP contribution in [0.5, 0.6) is 5.88 Å². The first-order valence-electron chi connectivity index (χ1n) is 5.19. The van der Waals surface area contributed by atoms with E-state index < -0.39 is 0 Å². The number of fused-ring (bicyclic) bond motifs is 1. The summed E-state index contributed by atoms with van der Waals surface area (Å²) in [5.74, 6) is 0.561. The molecule has 2 heterocycles. The smallest absolute Gasteiger partial charge is 0.260 e. The minimum atomic E-state index is 0.561. The normalized spacial score (nSPS) is 10.7. The van der Waals surface area contributed by atoms with Crippen molar-refractivity contribution in [1.82, 2.24) is 19.6 Å². The van der Waals surface area contributed by atoms with Crippen LogP contribution in [0.3, 0.4) is 0 Å². The van der Waals surface area contributed by atoms with E-state index in [1.165, 1.54) is 12.8 Å². The lowest BCUT2D eigenvalue weighted by Gasteiger charge is -2.04. The Balaban J connectivity index is 2.04. The largest absolute Gasteiger partial charge is 0.475 e. The minimum absolute atomic E-state index is 0.561. The molecule has 5 nitrogen and oxygen atoms in total. The molecule has 80 valence electrons. The maximum Gasteiger partial charge on any atom is 0.260 e. The Morgan fingerprint density at radius 1 is 1.40 bits per heavy atom. The van der Waals surface area contributed by atoms with Gasteiger partial charge in [0.25, 0.3) is 5.88 Å². The average Bonchev–Trinajstić information content (AvgIpc) is 2.73. The Bertz CT molecular complexity index is 426. The molecule has 0 spiro atoms. The minimum Gasteiger partial charge on any atom is -0.475 e. The van der Waals surface area contributed by atoms with Crippen LogP contribution in [0.25, 0.3) is 5.65 Å². The van der Waals surface area contributed by atoms with Crippen molar-refractivity contribution in [3.05, 3.63) is 18.7 Å². The van der Waals surface area contributed by atoms with Crippen LogP contribution < -0.4 is 4.74 Å². The van der Waals surface area contributed by atoms with Gasteiger partial charge in [-0.2, -0.15) is 0 Å². The summed E-state index contributed by atoms with van der Waals surface area (Å²) in [6.07, 6.45) is 8.53. The Morgan fingerprint density at radius 2 is 2.33 bits per heavy atom. The molecule has 2 rings (SSSR count). The molecule has 0 saturated heterocycles. The quantitative estimate of drug-likeness (QED) is 0.698. The van der Waals surface area contributed by atoms with Crippen molar-refractivity contribution in [2.45, 2.75) is 26.2 Å². The SMILES string of the molecule is CCCCCOc1nccn2cnnc12. The fraction of sp³-hybridized carbons (Fsp3) is 0.500. The number of rotatable bonds is 5. The second-order valence-corrected chi connectivity index (χ2v) is 3.35. The summed E-state index contributed by atoms with van der Waals surface area (Å²) >= 11 is 0. The van der Waals surface area contributed by atoms with E-state index in [1.54, 1.807) is 23.1 Å². The Morgan fingerprint density at radius 3 is 3.20 bits per heavy atom. The van der Waals surface area contributed by atoms with Crippen LogP contribution in [0.15, 0.2) is 18.7 Å². The van der Waals surface area contributed by atoms with Gasteiger partial charge in [0.1, 0.15) is 6.33 Å². The highest BCUT2D eigenvalue weighted by Gasteiger charge is 2.04. The molecule has 0 unspecified atom stereocenters. The lowest BCUT2D eigenvalue weighted by molar-refractivity contribution is 0.296. The van der Waals surface area contributed by atoms with Crippen molar-refractivity contribution in [2.24, 2.45) is 0 Å². The summed E-state index contributed by atoms with van der Waals surface area (Å²) in [4.78, 5) is 4.13. The molecule has 0 aromatic carbocycles. The van der Waals surface area contributed by atoms with E-state index in [0.717, 1.165) is 6.42 Å². The third-order valence-corrected chi connectivity index (χ3v) is 2.17. The fourth-order valence-electron chi connectivity index (χ4n) is 1.36. The number of hydrogen-bond acceptors (Lipinski definition) is 4. The summed E-state index contributed by atoms with van der Waals surface area (Å²) in [6.45, 7) is 2.85. The van der Waals surface area contributed by atoms with Crippen molar-refractivity contribution < 1.29 is 4.74 Å². The molecule has 0 bridgehead atoms. The van der Waals surface area contributed by atoms with Crippen LogP contribution in [0.1, 0.15) is 26.2 Å². The van der Waals surface area contributed by atoms with Gasteiger partial charge in [-0.05, 0) is 6.42 Å². The van der Waals surface area contributed by atoms with Gasteiger partial charge >= 0.3 is 0 Å². The van der Waals surface area contributed by atoms with Gasteiger partial charge < -0.3 is 4.74 Å². The Kier molecular flexibility index (Phi) is 3.11. The van der Waals surface area contributed by atoms with Gasteiger partial charge in [0.2, 0.25) is 5.65 Å². The summed E-state index contributed by atoms with van der Waals surface area (Å²) in [5, 5.41) is 7.74. The zero-order valence-corrected chi connectivity index (χ0v) is 8.76. The summed E-state index contributed by atoms with van der Waals surface area (Å²) in [6, 6.07) is 0. The van der Waals surface area contributed by atoms with Crippen molar-refractivity contribution in [2.75, 3.05) is 6.61 Å². The Labute approximate surface area is 88.1 Å². The van der Waals surface area contributed by atoms with Crippen molar-refractivity contribution in [1.29, 1.82) is 0 Å². The molecule has 15 heavy (non-hydrogen) atoms. The molecule has 0 atom stereocenters. The lowest BCUT2D eigenvalue weighted by atomic mass is 10.3. The van der Waals surface area contributed by atoms with Gasteiger partial charge in [0, 0.05) is 12.4 Å². The van der Waals surface area contributed by atoms with Crippen LogP contribution in [0.4, 0.5) is 0 Å². The molecule has 0 fully saturated rings. The van der Waals surface area contributed by atoms with Crippen LogP contribution >= 0.6 is 0 Å². The zero-order valence-electron chi connectivity index (χ0n) is 8.76. The number of nitrogens with zero attached hydrogens (tertiary/aromatic N) is 4. The van der Waals surface area contributed by atoms with E-state index in [9.17, 15) is 0 Å². The van der Waals surface area contributed by atoms with Crippen LogP contribution in [0.2, 0.25) is 0 Å². The van der Waals surface area contributed by atoms with Crippen LogP contribution in [-0.2, 0) is 0 Å². The molecule has 0 radical (unpaired) electrons. The topological polar surface area (TPSA) is 52.3 Å². The first-order valence-corrected chi connectivity index (χ1v) is 5.19. The lowest BCUT2D eigenvalue weighted by Crippen LogP contribution is -2.01. The predicted octanol–water partition coefficient (Wildman–Crippen LogP) is 1.69. The molecular weight excluding hydrogens is 192 g/mol. The first kappa shape index (κ1) is 9.89. The molecule has 0 amide bonds. The third kappa shape index (κ3) is 2.23. The summed E-state index contributed by atoms with van der Waals surface area (Å²) < 4.78 is 7.34. The molecular formula is C10H14N4O. The van der Waals surface area contributed by atoms with Gasteiger partial charge in [-0.1, -0.05) is 19.8 Å². The molecule has 0 aliphatic carbocycles. The number of hydrogen-bond donors (Lipinski definition) is 0. The molecule has 2 aromatic heterocycles. The third-order valence-electron chi connectivity index (χ3n) is 2.17. The standard InChI is InChI=1S/C10H14N4O/c1-2-3-4-7-15-10-9-13-12-8-14(9)6-5-11-10/h5-6,8H,2-4,7H2,1H3. The monoisotopic (exact) mass is 206 g/mol. The molecule has 2 aromatic rings. The highest BCUT2D eigenvalue weighted by Crippen LogP contribution is 2.12. The number of aromatic nitrogens is 4. The maximum absolute atomic E-state index is 5.55. The van der Waals surface area contributed by atoms with E-state index in [1.807, 2.05) is 0 Å². The molecule has 0 saturated carbocycles. The van der Waals surface area contributed by atoms with Gasteiger partial charge in [-0.15, -0.1) is 10.2 Å². The van der Waals surface area contributed by atoms with Crippen molar-refractivity contribution in [3.8, 4) is 5.88 Å². The van der Waals surface area contributed by atoms with Crippen molar-refractivity contribution in [3.63, 3.8) is 0 Å². The molecule has 5 heteroatoms. The van der Waals surface area contributed by atoms with Gasteiger partial charge in [0.05, 0.1) is 6.61 Å². The predicted molar refractivity (Wildman–Crippen MR) is 55.8 cm³/mol. The summed E-state index contributed by atoms with van der Waals surface area (Å²) in [5.41, 5.74) is 0.675. The van der Waals surface area contributed by atoms with E-state index >= 15 is 0 Å².